The van der Waals surface area contributed by atoms with Gasteiger partial charge in [-0.15, -0.1) is 0 Å². The molecule has 6 N–H and O–H groups in total. The zero-order valence-electron chi connectivity index (χ0n) is 8.66. The molecule has 11 heteroatoms. The van der Waals surface area contributed by atoms with Gasteiger partial charge in [-0.3, -0.25) is 4.52 Å². The Morgan fingerprint density at radius 3 is 2.06 bits per heavy atom. The third kappa shape index (κ3) is 5.07. The number of ether oxygens (including phenoxy) is 1. The average molecular weight is 381 g/mol. The van der Waals surface area contributed by atoms with Crippen LogP contribution in [0.5, 0.6) is 0 Å². The molecule has 17 heavy (non-hydrogen) atoms. The fourth-order valence-electron chi connectivity index (χ4n) is 1.24. The number of rotatable bonds is 3. The first-order valence-corrected chi connectivity index (χ1v) is 5.83. The van der Waals surface area contributed by atoms with Gasteiger partial charge in [-0.25, -0.2) is 4.57 Å². The zero-order valence-corrected chi connectivity index (χ0v) is 13.6. The average Bonchev–Trinajstić information content (AvgIpc) is 2.17. The van der Waals surface area contributed by atoms with Gasteiger partial charge in [0.15, 0.2) is 6.29 Å². The van der Waals surface area contributed by atoms with Crippen LogP contribution in [0.3, 0.4) is 0 Å². The van der Waals surface area contributed by atoms with Gasteiger partial charge >= 0.3 is 31.7 Å². The molecule has 2 radical (unpaired) electrons. The summed E-state index contributed by atoms with van der Waals surface area (Å²) in [4.78, 5) is 16.8. The SMILES string of the molecule is O=P(O)(O)OC[C@H]1O[C@H](O)[C@H](O)[C@@H](O)[C@@H]1O.[SnH2]. The van der Waals surface area contributed by atoms with E-state index in [2.05, 4.69) is 9.26 Å². The third-order valence-electron chi connectivity index (χ3n) is 2.09. The van der Waals surface area contributed by atoms with Gasteiger partial charge < -0.3 is 34.9 Å². The summed E-state index contributed by atoms with van der Waals surface area (Å²) >= 11 is 0. The van der Waals surface area contributed by atoms with Crippen LogP contribution in [-0.4, -0.2) is 91.4 Å². The van der Waals surface area contributed by atoms with Crippen molar-refractivity contribution >= 4 is 31.7 Å². The van der Waals surface area contributed by atoms with Crippen LogP contribution in [0.1, 0.15) is 0 Å². The molecule has 0 spiro atoms. The molecular weight excluding hydrogens is 366 g/mol. The molecule has 1 aliphatic heterocycles. The van der Waals surface area contributed by atoms with Crippen molar-refractivity contribution in [3.8, 4) is 0 Å². The van der Waals surface area contributed by atoms with Crippen molar-refractivity contribution in [2.75, 3.05) is 6.61 Å². The molecule has 0 aromatic heterocycles. The Bertz CT molecular complexity index is 283. The third-order valence-corrected chi connectivity index (χ3v) is 2.58. The number of phosphoric acid groups is 1. The molecule has 1 saturated heterocycles. The minimum absolute atomic E-state index is 0. The van der Waals surface area contributed by atoms with Crippen LogP contribution in [0.2, 0.25) is 0 Å². The van der Waals surface area contributed by atoms with Crippen LogP contribution in [-0.2, 0) is 13.8 Å². The van der Waals surface area contributed by atoms with Gasteiger partial charge in [0.2, 0.25) is 0 Å². The van der Waals surface area contributed by atoms with Gasteiger partial charge in [0.25, 0.3) is 0 Å². The molecule has 0 bridgehead atoms. The molecule has 0 unspecified atom stereocenters. The van der Waals surface area contributed by atoms with Gasteiger partial charge in [-0.1, -0.05) is 0 Å². The zero-order chi connectivity index (χ0) is 12.5. The molecule has 1 heterocycles. The second-order valence-electron chi connectivity index (χ2n) is 3.32. The summed E-state index contributed by atoms with van der Waals surface area (Å²) in [5.41, 5.74) is 0. The normalized spacial score (nSPS) is 38.6. The second-order valence-corrected chi connectivity index (χ2v) is 4.56. The number of aliphatic hydroxyl groups is 4. The number of hydrogen-bond acceptors (Lipinski definition) is 7. The fraction of sp³-hybridized carbons (Fsp3) is 1.00. The van der Waals surface area contributed by atoms with Crippen molar-refractivity contribution in [1.29, 1.82) is 0 Å². The van der Waals surface area contributed by atoms with Crippen LogP contribution in [0.4, 0.5) is 0 Å². The van der Waals surface area contributed by atoms with Gasteiger partial charge in [-0.05, 0) is 0 Å². The molecule has 1 fully saturated rings. The molecule has 0 aliphatic carbocycles. The molecular formula is C6H15O9PSn. The molecule has 0 aromatic carbocycles. The number of hydrogen-bond donors (Lipinski definition) is 6. The van der Waals surface area contributed by atoms with Gasteiger partial charge in [0, 0.05) is 0 Å². The van der Waals surface area contributed by atoms with Crippen molar-refractivity contribution in [2.24, 2.45) is 0 Å². The maximum absolute atomic E-state index is 10.4. The molecule has 9 nitrogen and oxygen atoms in total. The van der Waals surface area contributed by atoms with Crippen LogP contribution >= 0.6 is 7.82 Å². The van der Waals surface area contributed by atoms with Gasteiger partial charge in [0.05, 0.1) is 6.61 Å². The van der Waals surface area contributed by atoms with E-state index in [9.17, 15) is 14.8 Å². The van der Waals surface area contributed by atoms with Crippen LogP contribution < -0.4 is 0 Å². The molecule has 1 aliphatic rings. The van der Waals surface area contributed by atoms with Gasteiger partial charge in [-0.2, -0.15) is 0 Å². The number of aliphatic hydroxyl groups excluding tert-OH is 4. The summed E-state index contributed by atoms with van der Waals surface area (Å²) in [7, 11) is -4.73. The summed E-state index contributed by atoms with van der Waals surface area (Å²) in [6.07, 6.45) is -8.11. The van der Waals surface area contributed by atoms with Crippen LogP contribution in [0.15, 0.2) is 0 Å². The first-order valence-electron chi connectivity index (χ1n) is 4.30. The Labute approximate surface area is 113 Å². The predicted octanol–water partition coefficient (Wildman–Crippen LogP) is -4.02. The second kappa shape index (κ2) is 6.75. The van der Waals surface area contributed by atoms with Crippen molar-refractivity contribution in [3.63, 3.8) is 0 Å². The molecule has 5 atom stereocenters. The molecule has 1 rings (SSSR count). The Kier molecular flexibility index (Phi) is 7.03. The van der Waals surface area contributed by atoms with Crippen molar-refractivity contribution in [2.45, 2.75) is 30.7 Å². The summed E-state index contributed by atoms with van der Waals surface area (Å²) < 4.78 is 19.0. The Balaban J connectivity index is 0.00000256. The van der Waals surface area contributed by atoms with Crippen LogP contribution in [0.25, 0.3) is 0 Å². The van der Waals surface area contributed by atoms with Crippen molar-refractivity contribution < 1.29 is 44.0 Å². The summed E-state index contributed by atoms with van der Waals surface area (Å²) in [6.45, 7) is -0.730. The molecule has 0 aromatic rings. The summed E-state index contributed by atoms with van der Waals surface area (Å²) in [5, 5.41) is 36.7. The Morgan fingerprint density at radius 2 is 1.59 bits per heavy atom. The van der Waals surface area contributed by atoms with E-state index in [1.165, 1.54) is 0 Å². The predicted molar refractivity (Wildman–Crippen MR) is 55.4 cm³/mol. The Hall–Kier alpha value is 0.709. The monoisotopic (exact) mass is 382 g/mol. The molecule has 0 saturated carbocycles. The first kappa shape index (κ1) is 17.7. The summed E-state index contributed by atoms with van der Waals surface area (Å²) in [6, 6.07) is 0. The van der Waals surface area contributed by atoms with Crippen molar-refractivity contribution in [1.82, 2.24) is 0 Å². The Morgan fingerprint density at radius 1 is 1.06 bits per heavy atom. The van der Waals surface area contributed by atoms with E-state index in [1.807, 2.05) is 0 Å². The van der Waals surface area contributed by atoms with E-state index in [4.69, 9.17) is 20.0 Å². The van der Waals surface area contributed by atoms with E-state index >= 15 is 0 Å². The molecule has 102 valence electrons. The van der Waals surface area contributed by atoms with Crippen LogP contribution in [0, 0.1) is 0 Å². The topological polar surface area (TPSA) is 157 Å². The van der Waals surface area contributed by atoms with E-state index in [0.29, 0.717) is 0 Å². The van der Waals surface area contributed by atoms with E-state index in [-0.39, 0.29) is 23.9 Å². The quantitative estimate of drug-likeness (QED) is 0.212. The van der Waals surface area contributed by atoms with E-state index in [0.717, 1.165) is 0 Å². The minimum atomic E-state index is -4.73. The van der Waals surface area contributed by atoms with Crippen molar-refractivity contribution in [3.05, 3.63) is 0 Å². The van der Waals surface area contributed by atoms with E-state index in [1.54, 1.807) is 0 Å². The molecule has 0 amide bonds. The van der Waals surface area contributed by atoms with Gasteiger partial charge in [0.1, 0.15) is 24.4 Å². The standard InChI is InChI=1S/C6H13O9P.Sn.2H/c7-3-2(1-14-16(11,12)13)15-6(10)5(9)4(3)8;;;/h2-10H,1H2,(H2,11,12,13);;;/t2-,3-,4+,5-,6+;;;/m1.../s1. The maximum atomic E-state index is 10.4. The fourth-order valence-corrected chi connectivity index (χ4v) is 1.58. The van der Waals surface area contributed by atoms with E-state index < -0.39 is 45.1 Å². The summed E-state index contributed by atoms with van der Waals surface area (Å²) in [5.74, 6) is 0. The first-order chi connectivity index (χ1) is 7.22. The number of phosphoric ester groups is 1.